The Morgan fingerprint density at radius 2 is 2.04 bits per heavy atom. The molecule has 2 heterocycles. The van der Waals surface area contributed by atoms with Crippen molar-refractivity contribution in [2.45, 2.75) is 50.6 Å². The van der Waals surface area contributed by atoms with Gasteiger partial charge in [0.2, 0.25) is 0 Å². The number of halogens is 1. The largest absolute Gasteiger partial charge is 0.336 e. The summed E-state index contributed by atoms with van der Waals surface area (Å²) in [6, 6.07) is 6.15. The second kappa shape index (κ2) is 7.55. The molecule has 150 valence electrons. The predicted molar refractivity (Wildman–Crippen MR) is 110 cm³/mol. The van der Waals surface area contributed by atoms with Crippen molar-refractivity contribution in [3.8, 4) is 0 Å². The van der Waals surface area contributed by atoms with Gasteiger partial charge in [-0.05, 0) is 74.5 Å². The summed E-state index contributed by atoms with van der Waals surface area (Å²) in [5, 5.41) is 12.8. The van der Waals surface area contributed by atoms with Gasteiger partial charge in [-0.1, -0.05) is 28.8 Å². The summed E-state index contributed by atoms with van der Waals surface area (Å²) in [6.45, 7) is 3.30. The minimum Gasteiger partial charge on any atom is -0.336 e. The van der Waals surface area contributed by atoms with Crippen LogP contribution in [0.3, 0.4) is 0 Å². The number of likely N-dealkylation sites (N-methyl/N-ethyl adjacent to an activating group) is 1. The Morgan fingerprint density at radius 1 is 1.29 bits per heavy atom. The van der Waals surface area contributed by atoms with Gasteiger partial charge in [0, 0.05) is 23.1 Å². The van der Waals surface area contributed by atoms with Crippen LogP contribution in [0, 0.1) is 6.92 Å². The number of carbonyl (C=O) groups is 1. The lowest BCUT2D eigenvalue weighted by Crippen LogP contribution is -2.47. The van der Waals surface area contributed by atoms with E-state index in [4.69, 9.17) is 0 Å². The Kier molecular flexibility index (Phi) is 5.26. The number of nitrogens with zero attached hydrogens (tertiary/aromatic N) is 6. The van der Waals surface area contributed by atoms with Crippen molar-refractivity contribution >= 4 is 21.8 Å². The Morgan fingerprint density at radius 3 is 2.71 bits per heavy atom. The van der Waals surface area contributed by atoms with Gasteiger partial charge < -0.3 is 4.90 Å². The number of hydrogen-bond acceptors (Lipinski definition) is 5. The van der Waals surface area contributed by atoms with Crippen LogP contribution in [0.4, 0.5) is 0 Å². The molecule has 1 unspecified atom stereocenters. The minimum absolute atomic E-state index is 0.0687. The first-order valence-electron chi connectivity index (χ1n) is 9.93. The second-order valence-corrected chi connectivity index (χ2v) is 9.11. The molecule has 1 saturated carbocycles. The summed E-state index contributed by atoms with van der Waals surface area (Å²) in [4.78, 5) is 17.3. The molecule has 1 saturated heterocycles. The number of carbonyl (C=O) groups excluding carboxylic acids is 1. The molecule has 1 atom stereocenters. The van der Waals surface area contributed by atoms with Gasteiger partial charge in [0.25, 0.3) is 5.91 Å². The fourth-order valence-electron chi connectivity index (χ4n) is 4.57. The van der Waals surface area contributed by atoms with E-state index in [1.807, 2.05) is 34.7 Å². The van der Waals surface area contributed by atoms with E-state index in [-0.39, 0.29) is 11.4 Å². The van der Waals surface area contributed by atoms with Gasteiger partial charge >= 0.3 is 0 Å². The molecule has 8 heteroatoms. The zero-order valence-corrected chi connectivity index (χ0v) is 18.3. The third-order valence-electron chi connectivity index (χ3n) is 6.38. The van der Waals surface area contributed by atoms with E-state index in [9.17, 15) is 4.79 Å². The average molecular weight is 447 g/mol. The van der Waals surface area contributed by atoms with E-state index in [0.717, 1.165) is 40.7 Å². The maximum Gasteiger partial charge on any atom is 0.253 e. The van der Waals surface area contributed by atoms with Crippen LogP contribution in [-0.4, -0.2) is 63.1 Å². The normalized spacial score (nSPS) is 23.1. The highest BCUT2D eigenvalue weighted by molar-refractivity contribution is 9.10. The maximum absolute atomic E-state index is 13.2. The first-order valence-corrected chi connectivity index (χ1v) is 10.7. The molecular weight excluding hydrogens is 420 g/mol. The first-order chi connectivity index (χ1) is 13.4. The van der Waals surface area contributed by atoms with Crippen molar-refractivity contribution in [3.05, 3.63) is 39.6 Å². The summed E-state index contributed by atoms with van der Waals surface area (Å²) < 4.78 is 3.05. The van der Waals surface area contributed by atoms with Crippen molar-refractivity contribution in [2.75, 3.05) is 27.2 Å². The fraction of sp³-hybridized carbons (Fsp3) is 0.600. The Balaban J connectivity index is 1.62. The molecular formula is C20H27BrN6O. The van der Waals surface area contributed by atoms with Gasteiger partial charge in [-0.3, -0.25) is 9.69 Å². The number of benzene rings is 1. The van der Waals surface area contributed by atoms with Crippen LogP contribution in [0.15, 0.2) is 22.7 Å². The third-order valence-corrected chi connectivity index (χ3v) is 7.27. The first kappa shape index (κ1) is 19.5. The van der Waals surface area contributed by atoms with Gasteiger partial charge in [-0.2, -0.15) is 0 Å². The number of rotatable bonds is 4. The number of likely N-dealkylation sites (tertiary alicyclic amines) is 1. The molecule has 2 fully saturated rings. The Labute approximate surface area is 174 Å². The number of aromatic nitrogens is 4. The SMILES string of the molecule is Cc1cc(C(=O)N2CCC(c3nnnn3C3CCCC3)(N(C)C)C2)ccc1Br. The molecule has 0 N–H and O–H groups in total. The molecule has 0 radical (unpaired) electrons. The molecule has 0 bridgehead atoms. The second-order valence-electron chi connectivity index (χ2n) is 8.25. The zero-order chi connectivity index (χ0) is 19.9. The maximum atomic E-state index is 13.2. The minimum atomic E-state index is -0.355. The highest BCUT2D eigenvalue weighted by Crippen LogP contribution is 2.39. The standard InChI is InChI=1S/C20H27BrN6O/c1-14-12-15(8-9-17(14)21)18(28)26-11-10-20(13-26,25(2)3)19-22-23-24-27(19)16-6-4-5-7-16/h8-9,12,16H,4-7,10-11,13H2,1-3H3. The van der Waals surface area contributed by atoms with Crippen LogP contribution >= 0.6 is 15.9 Å². The summed E-state index contributed by atoms with van der Waals surface area (Å²) in [5.41, 5.74) is 1.44. The molecule has 1 aromatic heterocycles. The fourth-order valence-corrected chi connectivity index (χ4v) is 4.82. The van der Waals surface area contributed by atoms with Crippen molar-refractivity contribution in [3.63, 3.8) is 0 Å². The zero-order valence-electron chi connectivity index (χ0n) is 16.7. The van der Waals surface area contributed by atoms with Crippen molar-refractivity contribution in [2.24, 2.45) is 0 Å². The molecule has 28 heavy (non-hydrogen) atoms. The number of tetrazole rings is 1. The predicted octanol–water partition coefficient (Wildman–Crippen LogP) is 3.16. The Bertz CT molecular complexity index is 875. The number of amides is 1. The summed E-state index contributed by atoms with van der Waals surface area (Å²) >= 11 is 3.51. The quantitative estimate of drug-likeness (QED) is 0.721. The molecule has 1 aromatic carbocycles. The highest BCUT2D eigenvalue weighted by Gasteiger charge is 2.48. The number of hydrogen-bond donors (Lipinski definition) is 0. The van der Waals surface area contributed by atoms with Crippen LogP contribution in [0.5, 0.6) is 0 Å². The molecule has 1 aliphatic carbocycles. The lowest BCUT2D eigenvalue weighted by atomic mass is 9.95. The van der Waals surface area contributed by atoms with E-state index >= 15 is 0 Å². The van der Waals surface area contributed by atoms with E-state index in [2.05, 4.69) is 50.5 Å². The van der Waals surface area contributed by atoms with Crippen LogP contribution in [0.25, 0.3) is 0 Å². The number of aryl methyl sites for hydroxylation is 1. The molecule has 1 aliphatic heterocycles. The van der Waals surface area contributed by atoms with Gasteiger partial charge in [0.05, 0.1) is 6.04 Å². The van der Waals surface area contributed by atoms with Gasteiger partial charge in [-0.15, -0.1) is 5.10 Å². The van der Waals surface area contributed by atoms with Crippen LogP contribution in [0.2, 0.25) is 0 Å². The topological polar surface area (TPSA) is 67.2 Å². The van der Waals surface area contributed by atoms with E-state index < -0.39 is 0 Å². The van der Waals surface area contributed by atoms with Crippen LogP contribution in [-0.2, 0) is 5.54 Å². The van der Waals surface area contributed by atoms with Crippen molar-refractivity contribution in [1.29, 1.82) is 0 Å². The van der Waals surface area contributed by atoms with Crippen LogP contribution in [0.1, 0.15) is 59.9 Å². The molecule has 2 aromatic rings. The average Bonchev–Trinajstić information content (AvgIpc) is 3.42. The molecule has 0 spiro atoms. The van der Waals surface area contributed by atoms with E-state index in [1.54, 1.807) is 0 Å². The molecule has 2 aliphatic rings. The van der Waals surface area contributed by atoms with Crippen molar-refractivity contribution < 1.29 is 4.79 Å². The smallest absolute Gasteiger partial charge is 0.253 e. The summed E-state index contributed by atoms with van der Waals surface area (Å²) in [7, 11) is 4.12. The van der Waals surface area contributed by atoms with Crippen molar-refractivity contribution in [1.82, 2.24) is 30.0 Å². The Hall–Kier alpha value is -1.80. The highest BCUT2D eigenvalue weighted by atomic mass is 79.9. The molecule has 1 amide bonds. The molecule has 4 rings (SSSR count). The van der Waals surface area contributed by atoms with Gasteiger partial charge in [-0.25, -0.2) is 4.68 Å². The van der Waals surface area contributed by atoms with Gasteiger partial charge in [0.1, 0.15) is 5.54 Å². The summed E-state index contributed by atoms with van der Waals surface area (Å²) in [5.74, 6) is 0.964. The van der Waals surface area contributed by atoms with Crippen LogP contribution < -0.4 is 0 Å². The van der Waals surface area contributed by atoms with Gasteiger partial charge in [0.15, 0.2) is 5.82 Å². The van der Waals surface area contributed by atoms with E-state index in [1.165, 1.54) is 12.8 Å². The lowest BCUT2D eigenvalue weighted by molar-refractivity contribution is 0.0737. The lowest BCUT2D eigenvalue weighted by Gasteiger charge is -2.35. The van der Waals surface area contributed by atoms with E-state index in [0.29, 0.717) is 19.1 Å². The summed E-state index contributed by atoms with van der Waals surface area (Å²) in [6.07, 6.45) is 5.54. The molecule has 7 nitrogen and oxygen atoms in total. The monoisotopic (exact) mass is 446 g/mol. The third kappa shape index (κ3) is 3.26.